The largest absolute Gasteiger partial charge is 0.478 e. The lowest BCUT2D eigenvalue weighted by atomic mass is 9.96. The topological polar surface area (TPSA) is 87.1 Å². The Morgan fingerprint density at radius 2 is 1.56 bits per heavy atom. The minimum absolute atomic E-state index is 0.0598. The second-order valence-corrected chi connectivity index (χ2v) is 8.99. The van der Waals surface area contributed by atoms with Crippen LogP contribution in [0.2, 0.25) is 0 Å². The molecule has 0 saturated carbocycles. The number of benzene rings is 2. The summed E-state index contributed by atoms with van der Waals surface area (Å²) in [7, 11) is 2.20. The molecule has 1 saturated heterocycles. The first kappa shape index (κ1) is 24.2. The van der Waals surface area contributed by atoms with E-state index in [9.17, 15) is 9.59 Å². The Morgan fingerprint density at radius 1 is 0.969 bits per heavy atom. The highest BCUT2D eigenvalue weighted by molar-refractivity contribution is 9.10. The minimum atomic E-state index is -1.26. The quantitative estimate of drug-likeness (QED) is 0.601. The van der Waals surface area contributed by atoms with Crippen molar-refractivity contribution in [2.45, 2.75) is 37.9 Å². The van der Waals surface area contributed by atoms with Crippen molar-refractivity contribution in [2.24, 2.45) is 0 Å². The number of rotatable bonds is 4. The van der Waals surface area contributed by atoms with Gasteiger partial charge in [-0.25, -0.2) is 9.59 Å². The van der Waals surface area contributed by atoms with Crippen molar-refractivity contribution < 1.29 is 24.5 Å². The van der Waals surface area contributed by atoms with Crippen molar-refractivity contribution in [3.63, 3.8) is 0 Å². The van der Waals surface area contributed by atoms with E-state index < -0.39 is 11.9 Å². The molecule has 2 aromatic carbocycles. The van der Waals surface area contributed by atoms with Crippen LogP contribution in [0.25, 0.3) is 0 Å². The van der Waals surface area contributed by atoms with E-state index in [1.807, 2.05) is 0 Å². The number of hydrogen-bond donors (Lipinski definition) is 2. The summed E-state index contributed by atoms with van der Waals surface area (Å²) in [5, 5.41) is 15.6. The van der Waals surface area contributed by atoms with Gasteiger partial charge in [-0.3, -0.25) is 0 Å². The van der Waals surface area contributed by atoms with Crippen molar-refractivity contribution in [3.8, 4) is 0 Å². The molecule has 0 bridgehead atoms. The van der Waals surface area contributed by atoms with Crippen molar-refractivity contribution in [1.82, 2.24) is 4.90 Å². The van der Waals surface area contributed by atoms with Gasteiger partial charge in [0.2, 0.25) is 0 Å². The Kier molecular flexibility index (Phi) is 8.61. The summed E-state index contributed by atoms with van der Waals surface area (Å²) in [4.78, 5) is 21.5. The predicted molar refractivity (Wildman–Crippen MR) is 126 cm³/mol. The Labute approximate surface area is 196 Å². The van der Waals surface area contributed by atoms with Crippen LogP contribution < -0.4 is 0 Å². The van der Waals surface area contributed by atoms with Crippen LogP contribution in [0.15, 0.2) is 59.1 Å². The number of aryl methyl sites for hydroxylation is 2. The number of likely N-dealkylation sites (tertiary alicyclic amines) is 1. The second-order valence-electron chi connectivity index (χ2n) is 8.07. The van der Waals surface area contributed by atoms with E-state index in [1.54, 1.807) is 0 Å². The lowest BCUT2D eigenvalue weighted by Crippen LogP contribution is -2.35. The number of carboxylic acids is 2. The number of fused-ring (bicyclic) bond motifs is 2. The number of aliphatic carboxylic acids is 2. The maximum absolute atomic E-state index is 9.55. The summed E-state index contributed by atoms with van der Waals surface area (Å²) in [6, 6.07) is 15.5. The molecule has 32 heavy (non-hydrogen) atoms. The summed E-state index contributed by atoms with van der Waals surface area (Å²) in [6.07, 6.45) is 5.96. The molecule has 1 heterocycles. The van der Waals surface area contributed by atoms with Gasteiger partial charge in [-0.1, -0.05) is 46.3 Å². The van der Waals surface area contributed by atoms with Gasteiger partial charge in [0.25, 0.3) is 0 Å². The van der Waals surface area contributed by atoms with Gasteiger partial charge in [-0.05, 0) is 67.1 Å². The number of ether oxygens (including phenoxy) is 1. The molecular formula is C25H28BrNO5. The second kappa shape index (κ2) is 11.4. The molecule has 170 valence electrons. The molecule has 1 fully saturated rings. The van der Waals surface area contributed by atoms with Gasteiger partial charge in [-0.2, -0.15) is 0 Å². The maximum atomic E-state index is 9.55. The summed E-state index contributed by atoms with van der Waals surface area (Å²) in [5.41, 5.74) is 5.55. The molecule has 2 aromatic rings. The van der Waals surface area contributed by atoms with Crippen LogP contribution in [0.5, 0.6) is 0 Å². The number of carboxylic acid groups (broad SMARTS) is 2. The van der Waals surface area contributed by atoms with E-state index in [1.165, 1.54) is 22.3 Å². The van der Waals surface area contributed by atoms with Crippen LogP contribution in [0.4, 0.5) is 0 Å². The summed E-state index contributed by atoms with van der Waals surface area (Å²) in [5.74, 6) is -2.51. The molecule has 1 aliphatic heterocycles. The predicted octanol–water partition coefficient (Wildman–Crippen LogP) is 4.46. The third-order valence-electron chi connectivity index (χ3n) is 5.75. The number of halogens is 1. The van der Waals surface area contributed by atoms with E-state index in [0.717, 1.165) is 43.2 Å². The third kappa shape index (κ3) is 6.76. The zero-order chi connectivity index (χ0) is 23.1. The van der Waals surface area contributed by atoms with Crippen LogP contribution in [0.1, 0.15) is 41.2 Å². The van der Waals surface area contributed by atoms with Gasteiger partial charge in [-0.15, -0.1) is 0 Å². The van der Waals surface area contributed by atoms with Gasteiger partial charge in [0.05, 0.1) is 6.10 Å². The molecule has 4 rings (SSSR count). The number of carbonyl (C=O) groups is 2. The van der Waals surface area contributed by atoms with Crippen molar-refractivity contribution in [2.75, 3.05) is 20.1 Å². The van der Waals surface area contributed by atoms with Crippen molar-refractivity contribution >= 4 is 27.9 Å². The van der Waals surface area contributed by atoms with E-state index in [2.05, 4.69) is 70.3 Å². The fraction of sp³-hybridized carbons (Fsp3) is 0.360. The smallest absolute Gasteiger partial charge is 0.328 e. The maximum Gasteiger partial charge on any atom is 0.328 e. The fourth-order valence-corrected chi connectivity index (χ4v) is 4.47. The zero-order valence-electron chi connectivity index (χ0n) is 18.0. The molecule has 2 N–H and O–H groups in total. The summed E-state index contributed by atoms with van der Waals surface area (Å²) in [6.45, 7) is 2.26. The molecule has 1 atom stereocenters. The first-order valence-electron chi connectivity index (χ1n) is 10.7. The van der Waals surface area contributed by atoms with Gasteiger partial charge in [0, 0.05) is 29.7 Å². The Morgan fingerprint density at radius 3 is 2.19 bits per heavy atom. The van der Waals surface area contributed by atoms with Crippen LogP contribution >= 0.6 is 15.9 Å². The molecule has 1 aliphatic carbocycles. The third-order valence-corrected chi connectivity index (χ3v) is 6.25. The average Bonchev–Trinajstić information content (AvgIpc) is 2.91. The first-order valence-corrected chi connectivity index (χ1v) is 11.5. The highest BCUT2D eigenvalue weighted by Crippen LogP contribution is 2.38. The molecule has 6 nitrogen and oxygen atoms in total. The van der Waals surface area contributed by atoms with E-state index in [0.29, 0.717) is 18.3 Å². The lowest BCUT2D eigenvalue weighted by Gasteiger charge is -2.32. The fourth-order valence-electron chi connectivity index (χ4n) is 4.09. The molecule has 2 aliphatic rings. The molecule has 0 aromatic heterocycles. The monoisotopic (exact) mass is 501 g/mol. The highest BCUT2D eigenvalue weighted by atomic mass is 79.9. The van der Waals surface area contributed by atoms with E-state index in [-0.39, 0.29) is 6.10 Å². The van der Waals surface area contributed by atoms with E-state index >= 15 is 0 Å². The number of nitrogens with zero attached hydrogens (tertiary/aromatic N) is 1. The zero-order valence-corrected chi connectivity index (χ0v) is 19.6. The molecule has 0 radical (unpaired) electrons. The lowest BCUT2D eigenvalue weighted by molar-refractivity contribution is -0.134. The van der Waals surface area contributed by atoms with Gasteiger partial charge in [0.1, 0.15) is 6.10 Å². The van der Waals surface area contributed by atoms with Gasteiger partial charge >= 0.3 is 11.9 Å². The molecule has 0 spiro atoms. The molecule has 0 amide bonds. The standard InChI is InChI=1S/C21H24BrNO.C4H4O4/c1-23-12-10-18(11-13-23)24-21-19-5-3-2-4-15(19)6-7-16-8-9-17(22)14-20(16)21;5-3(6)1-2-4(7)8/h2-5,8-9,14,18,21H,6-7,10-13H2,1H3;1-2H,(H,5,6)(H,7,8)/b;2-1-. The SMILES string of the molecule is CN1CCC(OC2c3ccccc3CCc3ccc(Br)cc32)CC1.O=C(O)/C=C\C(=O)O. The summed E-state index contributed by atoms with van der Waals surface area (Å²) < 4.78 is 7.86. The molecule has 7 heteroatoms. The first-order chi connectivity index (χ1) is 15.3. The van der Waals surface area contributed by atoms with Crippen molar-refractivity contribution in [1.29, 1.82) is 0 Å². The van der Waals surface area contributed by atoms with Crippen LogP contribution in [0.3, 0.4) is 0 Å². The Hall–Kier alpha value is -2.48. The molecule has 1 unspecified atom stereocenters. The summed E-state index contributed by atoms with van der Waals surface area (Å²) >= 11 is 3.65. The van der Waals surface area contributed by atoms with Crippen molar-refractivity contribution in [3.05, 3.63) is 81.3 Å². The van der Waals surface area contributed by atoms with Gasteiger partial charge in [0.15, 0.2) is 0 Å². The molecular weight excluding hydrogens is 474 g/mol. The number of piperidine rings is 1. The Bertz CT molecular complexity index is 966. The average molecular weight is 502 g/mol. The van der Waals surface area contributed by atoms with Crippen LogP contribution in [0, 0.1) is 0 Å². The van der Waals surface area contributed by atoms with Crippen LogP contribution in [-0.4, -0.2) is 53.3 Å². The minimum Gasteiger partial charge on any atom is -0.478 e. The normalized spacial score (nSPS) is 18.8. The Balaban J connectivity index is 0.000000312. The van der Waals surface area contributed by atoms with E-state index in [4.69, 9.17) is 14.9 Å². The van der Waals surface area contributed by atoms with Gasteiger partial charge < -0.3 is 19.8 Å². The van der Waals surface area contributed by atoms with Crippen LogP contribution in [-0.2, 0) is 27.2 Å². The highest BCUT2D eigenvalue weighted by Gasteiger charge is 2.28. The number of hydrogen-bond acceptors (Lipinski definition) is 4.